The second kappa shape index (κ2) is 5.88. The minimum Gasteiger partial charge on any atom is -0.494 e. The van der Waals surface area contributed by atoms with Crippen molar-refractivity contribution in [3.63, 3.8) is 0 Å². The molecule has 0 bridgehead atoms. The van der Waals surface area contributed by atoms with Crippen LogP contribution < -0.4 is 4.74 Å². The topological polar surface area (TPSA) is 48.4 Å². The summed E-state index contributed by atoms with van der Waals surface area (Å²) in [6.45, 7) is 0. The first-order valence-corrected chi connectivity index (χ1v) is 6.03. The Balaban J connectivity index is 2.50. The monoisotopic (exact) mass is 295 g/mol. The van der Waals surface area contributed by atoms with E-state index in [-0.39, 0.29) is 16.5 Å². The summed E-state index contributed by atoms with van der Waals surface area (Å²) in [4.78, 5) is 15.7. The Morgan fingerprint density at radius 2 is 2.00 bits per heavy atom. The molecule has 0 saturated heterocycles. The highest BCUT2D eigenvalue weighted by atomic mass is 35.5. The summed E-state index contributed by atoms with van der Waals surface area (Å²) in [6, 6.07) is 7.46. The highest BCUT2D eigenvalue weighted by Gasteiger charge is 2.15. The van der Waals surface area contributed by atoms with Gasteiger partial charge < -0.3 is 9.47 Å². The minimum absolute atomic E-state index is 0.00922. The summed E-state index contributed by atoms with van der Waals surface area (Å²) in [7, 11) is 2.62. The van der Waals surface area contributed by atoms with E-state index in [1.165, 1.54) is 38.5 Å². The van der Waals surface area contributed by atoms with E-state index in [0.29, 0.717) is 11.3 Å². The molecule has 0 N–H and O–H groups in total. The average Bonchev–Trinajstić information content (AvgIpc) is 2.47. The van der Waals surface area contributed by atoms with Crippen LogP contribution in [0.4, 0.5) is 4.39 Å². The molecule has 2 rings (SSSR count). The van der Waals surface area contributed by atoms with Gasteiger partial charge in [-0.1, -0.05) is 11.6 Å². The van der Waals surface area contributed by atoms with E-state index < -0.39 is 11.8 Å². The number of hydrogen-bond acceptors (Lipinski definition) is 4. The lowest BCUT2D eigenvalue weighted by Crippen LogP contribution is -2.06. The number of benzene rings is 1. The van der Waals surface area contributed by atoms with Crippen LogP contribution in [-0.2, 0) is 4.74 Å². The van der Waals surface area contributed by atoms with Crippen LogP contribution in [-0.4, -0.2) is 25.2 Å². The molecule has 1 aromatic heterocycles. The van der Waals surface area contributed by atoms with Crippen LogP contribution >= 0.6 is 11.6 Å². The summed E-state index contributed by atoms with van der Waals surface area (Å²) < 4.78 is 22.9. The van der Waals surface area contributed by atoms with Crippen LogP contribution in [0.2, 0.25) is 5.02 Å². The fraction of sp³-hybridized carbons (Fsp3) is 0.143. The molecule has 0 aliphatic heterocycles. The zero-order valence-corrected chi connectivity index (χ0v) is 11.6. The highest BCUT2D eigenvalue weighted by molar-refractivity contribution is 6.33. The van der Waals surface area contributed by atoms with Crippen molar-refractivity contribution in [1.82, 2.24) is 4.98 Å². The molecule has 0 atom stereocenters. The molecule has 6 heteroatoms. The molecule has 0 unspecified atom stereocenters. The third-order valence-electron chi connectivity index (χ3n) is 2.67. The van der Waals surface area contributed by atoms with Crippen LogP contribution in [0, 0.1) is 5.82 Å². The van der Waals surface area contributed by atoms with Gasteiger partial charge in [-0.3, -0.25) is 0 Å². The van der Waals surface area contributed by atoms with Gasteiger partial charge in [0.2, 0.25) is 0 Å². The van der Waals surface area contributed by atoms with Crippen molar-refractivity contribution in [3.05, 3.63) is 46.9 Å². The number of hydrogen-bond donors (Lipinski definition) is 0. The van der Waals surface area contributed by atoms with Crippen molar-refractivity contribution >= 4 is 17.6 Å². The fourth-order valence-corrected chi connectivity index (χ4v) is 1.84. The van der Waals surface area contributed by atoms with E-state index in [4.69, 9.17) is 16.3 Å². The lowest BCUT2D eigenvalue weighted by molar-refractivity contribution is 0.0594. The van der Waals surface area contributed by atoms with E-state index in [2.05, 4.69) is 9.72 Å². The minimum atomic E-state index is -0.633. The SMILES string of the molecule is COC(=O)c1nc(-c2ccc(F)c(OC)c2)ccc1Cl. The van der Waals surface area contributed by atoms with Crippen molar-refractivity contribution in [3.8, 4) is 17.0 Å². The normalized spacial score (nSPS) is 10.2. The highest BCUT2D eigenvalue weighted by Crippen LogP contribution is 2.27. The molecule has 4 nitrogen and oxygen atoms in total. The predicted molar refractivity (Wildman–Crippen MR) is 72.5 cm³/mol. The van der Waals surface area contributed by atoms with Crippen LogP contribution in [0.5, 0.6) is 5.75 Å². The second-order valence-electron chi connectivity index (χ2n) is 3.87. The van der Waals surface area contributed by atoms with Gasteiger partial charge in [-0.2, -0.15) is 0 Å². The van der Waals surface area contributed by atoms with Gasteiger partial charge in [0.1, 0.15) is 0 Å². The van der Waals surface area contributed by atoms with Gasteiger partial charge in [-0.25, -0.2) is 14.2 Å². The number of ether oxygens (including phenoxy) is 2. The van der Waals surface area contributed by atoms with E-state index in [1.807, 2.05) is 0 Å². The molecular weight excluding hydrogens is 285 g/mol. The van der Waals surface area contributed by atoms with Gasteiger partial charge in [-0.15, -0.1) is 0 Å². The van der Waals surface area contributed by atoms with Gasteiger partial charge in [-0.05, 0) is 30.3 Å². The molecule has 0 saturated carbocycles. The summed E-state index contributed by atoms with van der Waals surface area (Å²) >= 11 is 5.89. The quantitative estimate of drug-likeness (QED) is 0.815. The molecule has 1 heterocycles. The summed E-state index contributed by atoms with van der Waals surface area (Å²) in [6.07, 6.45) is 0. The average molecular weight is 296 g/mol. The molecule has 0 fully saturated rings. The lowest BCUT2D eigenvalue weighted by Gasteiger charge is -2.07. The van der Waals surface area contributed by atoms with Crippen LogP contribution in [0.1, 0.15) is 10.5 Å². The van der Waals surface area contributed by atoms with Crippen molar-refractivity contribution in [1.29, 1.82) is 0 Å². The number of pyridine rings is 1. The zero-order chi connectivity index (χ0) is 14.7. The van der Waals surface area contributed by atoms with Crippen molar-refractivity contribution < 1.29 is 18.7 Å². The van der Waals surface area contributed by atoms with Gasteiger partial charge in [0.15, 0.2) is 17.3 Å². The van der Waals surface area contributed by atoms with Crippen molar-refractivity contribution in [2.24, 2.45) is 0 Å². The van der Waals surface area contributed by atoms with Crippen molar-refractivity contribution in [2.75, 3.05) is 14.2 Å². The first kappa shape index (κ1) is 14.3. The maximum atomic E-state index is 13.4. The summed E-state index contributed by atoms with van der Waals surface area (Å²) in [5.41, 5.74) is 1.08. The smallest absolute Gasteiger partial charge is 0.358 e. The lowest BCUT2D eigenvalue weighted by atomic mass is 10.1. The van der Waals surface area contributed by atoms with E-state index in [0.717, 1.165) is 0 Å². The van der Waals surface area contributed by atoms with E-state index in [9.17, 15) is 9.18 Å². The van der Waals surface area contributed by atoms with E-state index >= 15 is 0 Å². The number of methoxy groups -OCH3 is 2. The number of aromatic nitrogens is 1. The zero-order valence-electron chi connectivity index (χ0n) is 10.8. The predicted octanol–water partition coefficient (Wildman–Crippen LogP) is 3.34. The van der Waals surface area contributed by atoms with Gasteiger partial charge in [0, 0.05) is 5.56 Å². The van der Waals surface area contributed by atoms with Crippen molar-refractivity contribution in [2.45, 2.75) is 0 Å². The second-order valence-corrected chi connectivity index (χ2v) is 4.28. The molecular formula is C14H11ClFNO3. The third-order valence-corrected chi connectivity index (χ3v) is 2.98. The number of halogens is 2. The molecule has 1 aromatic carbocycles. The molecule has 20 heavy (non-hydrogen) atoms. The molecule has 0 amide bonds. The molecule has 0 aliphatic carbocycles. The third kappa shape index (κ3) is 2.72. The molecule has 2 aromatic rings. The van der Waals surface area contributed by atoms with Crippen LogP contribution in [0.25, 0.3) is 11.3 Å². The fourth-order valence-electron chi connectivity index (χ4n) is 1.66. The number of nitrogens with zero attached hydrogens (tertiary/aromatic N) is 1. The molecule has 104 valence electrons. The molecule has 0 spiro atoms. The van der Waals surface area contributed by atoms with Gasteiger partial charge in [0.25, 0.3) is 0 Å². The van der Waals surface area contributed by atoms with Crippen LogP contribution in [0.15, 0.2) is 30.3 Å². The Kier molecular flexibility index (Phi) is 4.20. The Hall–Kier alpha value is -2.14. The summed E-state index contributed by atoms with van der Waals surface area (Å²) in [5.74, 6) is -1.01. The number of carbonyl (C=O) groups excluding carboxylic acids is 1. The maximum Gasteiger partial charge on any atom is 0.358 e. The Morgan fingerprint density at radius 1 is 1.25 bits per heavy atom. The largest absolute Gasteiger partial charge is 0.494 e. The first-order chi connectivity index (χ1) is 9.56. The van der Waals surface area contributed by atoms with Gasteiger partial charge in [0.05, 0.1) is 24.9 Å². The molecule has 0 radical (unpaired) electrons. The van der Waals surface area contributed by atoms with E-state index in [1.54, 1.807) is 6.07 Å². The standard InChI is InChI=1S/C14H11ClFNO3/c1-19-12-7-8(3-5-10(12)16)11-6-4-9(15)13(17-11)14(18)20-2/h3-7H,1-2H3. The Bertz CT molecular complexity index is 661. The number of carbonyl (C=O) groups is 1. The number of rotatable bonds is 3. The molecule has 0 aliphatic rings. The van der Waals surface area contributed by atoms with Crippen LogP contribution in [0.3, 0.4) is 0 Å². The van der Waals surface area contributed by atoms with Gasteiger partial charge >= 0.3 is 5.97 Å². The Labute approximate surface area is 120 Å². The Morgan fingerprint density at radius 3 is 2.65 bits per heavy atom. The maximum absolute atomic E-state index is 13.4. The summed E-state index contributed by atoms with van der Waals surface area (Å²) in [5, 5.41) is 0.190. The number of esters is 1. The first-order valence-electron chi connectivity index (χ1n) is 5.65.